The first-order valence-corrected chi connectivity index (χ1v) is 6.59. The molecule has 3 N–H and O–H groups in total. The van der Waals surface area contributed by atoms with E-state index in [0.29, 0.717) is 12.5 Å². The second kappa shape index (κ2) is 5.04. The molecule has 0 saturated heterocycles. The van der Waals surface area contributed by atoms with Crippen LogP contribution in [0.1, 0.15) is 27.7 Å². The Morgan fingerprint density at radius 1 is 1.43 bits per heavy atom. The van der Waals surface area contributed by atoms with Gasteiger partial charge in [0.2, 0.25) is 5.95 Å². The Bertz CT molecular complexity index is 696. The van der Waals surface area contributed by atoms with Crippen molar-refractivity contribution in [1.29, 1.82) is 0 Å². The fraction of sp³-hybridized carbons (Fsp3) is 0.385. The van der Waals surface area contributed by atoms with Gasteiger partial charge in [0.15, 0.2) is 5.69 Å². The number of aromatic amines is 1. The van der Waals surface area contributed by atoms with E-state index in [1.165, 1.54) is 13.2 Å². The third-order valence-corrected chi connectivity index (χ3v) is 3.36. The number of nitrogens with one attached hydrogen (secondary N) is 1. The Labute approximate surface area is 121 Å². The molecule has 0 radical (unpaired) electrons. The van der Waals surface area contributed by atoms with Gasteiger partial charge in [0, 0.05) is 19.0 Å². The van der Waals surface area contributed by atoms with Crippen molar-refractivity contribution in [1.82, 2.24) is 19.9 Å². The molecule has 110 valence electrons. The van der Waals surface area contributed by atoms with Gasteiger partial charge in [-0.3, -0.25) is 0 Å². The van der Waals surface area contributed by atoms with E-state index in [9.17, 15) is 4.79 Å². The molecule has 0 fully saturated rings. The lowest BCUT2D eigenvalue weighted by Crippen LogP contribution is -2.32. The maximum atomic E-state index is 11.6. The van der Waals surface area contributed by atoms with Gasteiger partial charge < -0.3 is 20.4 Å². The standard InChI is InChI=1S/C13H16N6O2/c1-7-15-8-3-4-19(6-10(8)16-7)13-17-9(12(20)21-2)5-11(14)18-13/h5H,3-4,6H2,1-2H3,(H,15,16)(H2,14,17,18). The fourth-order valence-electron chi connectivity index (χ4n) is 2.41. The number of anilines is 2. The highest BCUT2D eigenvalue weighted by Crippen LogP contribution is 2.21. The number of nitrogens with two attached hydrogens (primary N) is 1. The summed E-state index contributed by atoms with van der Waals surface area (Å²) < 4.78 is 4.67. The van der Waals surface area contributed by atoms with Crippen molar-refractivity contribution < 1.29 is 9.53 Å². The molecule has 0 saturated carbocycles. The molecule has 8 nitrogen and oxygen atoms in total. The van der Waals surface area contributed by atoms with Crippen LogP contribution in [-0.2, 0) is 17.7 Å². The highest BCUT2D eigenvalue weighted by atomic mass is 16.5. The van der Waals surface area contributed by atoms with Crippen LogP contribution in [0.4, 0.5) is 11.8 Å². The van der Waals surface area contributed by atoms with Crippen LogP contribution in [0.2, 0.25) is 0 Å². The van der Waals surface area contributed by atoms with E-state index in [4.69, 9.17) is 5.73 Å². The molecule has 3 rings (SSSR count). The predicted octanol–water partition coefficient (Wildman–Crippen LogP) is 0.440. The van der Waals surface area contributed by atoms with E-state index in [1.807, 2.05) is 11.8 Å². The molecule has 8 heteroatoms. The van der Waals surface area contributed by atoms with Crippen molar-refractivity contribution in [2.24, 2.45) is 0 Å². The number of fused-ring (bicyclic) bond motifs is 1. The monoisotopic (exact) mass is 288 g/mol. The van der Waals surface area contributed by atoms with Crippen LogP contribution in [0.25, 0.3) is 0 Å². The van der Waals surface area contributed by atoms with Crippen LogP contribution in [0.5, 0.6) is 0 Å². The van der Waals surface area contributed by atoms with Gasteiger partial charge >= 0.3 is 5.97 Å². The number of carbonyl (C=O) groups excluding carboxylic acids is 1. The van der Waals surface area contributed by atoms with E-state index >= 15 is 0 Å². The Balaban J connectivity index is 1.91. The summed E-state index contributed by atoms with van der Waals surface area (Å²) in [5, 5.41) is 0. The molecule has 2 aromatic heterocycles. The number of ether oxygens (including phenoxy) is 1. The second-order valence-electron chi connectivity index (χ2n) is 4.89. The Morgan fingerprint density at radius 2 is 2.24 bits per heavy atom. The average Bonchev–Trinajstić information content (AvgIpc) is 2.84. The number of hydrogen-bond donors (Lipinski definition) is 2. The molecule has 0 aromatic carbocycles. The summed E-state index contributed by atoms with van der Waals surface area (Å²) in [5.41, 5.74) is 8.03. The molecule has 3 heterocycles. The molecule has 0 unspecified atom stereocenters. The van der Waals surface area contributed by atoms with Crippen LogP contribution < -0.4 is 10.6 Å². The average molecular weight is 288 g/mol. The van der Waals surface area contributed by atoms with Gasteiger partial charge in [-0.1, -0.05) is 0 Å². The lowest BCUT2D eigenvalue weighted by atomic mass is 10.1. The third-order valence-electron chi connectivity index (χ3n) is 3.36. The summed E-state index contributed by atoms with van der Waals surface area (Å²) in [4.78, 5) is 29.7. The number of methoxy groups -OCH3 is 1. The number of aromatic nitrogens is 4. The Hall–Kier alpha value is -2.64. The van der Waals surface area contributed by atoms with Crippen LogP contribution in [0.3, 0.4) is 0 Å². The fourth-order valence-corrected chi connectivity index (χ4v) is 2.41. The van der Waals surface area contributed by atoms with Gasteiger partial charge in [0.05, 0.1) is 25.0 Å². The Morgan fingerprint density at radius 3 is 3.00 bits per heavy atom. The number of nitrogens with zero attached hydrogens (tertiary/aromatic N) is 4. The van der Waals surface area contributed by atoms with Crippen molar-refractivity contribution in [2.45, 2.75) is 19.9 Å². The summed E-state index contributed by atoms with van der Waals surface area (Å²) in [6, 6.07) is 1.41. The first-order valence-electron chi connectivity index (χ1n) is 6.59. The minimum Gasteiger partial charge on any atom is -0.464 e. The zero-order valence-corrected chi connectivity index (χ0v) is 11.9. The molecular formula is C13H16N6O2. The topological polar surface area (TPSA) is 110 Å². The van der Waals surface area contributed by atoms with Crippen molar-refractivity contribution in [3.63, 3.8) is 0 Å². The number of carbonyl (C=O) groups is 1. The summed E-state index contributed by atoms with van der Waals surface area (Å²) in [5.74, 6) is 1.03. The molecule has 1 aliphatic rings. The predicted molar refractivity (Wildman–Crippen MR) is 75.9 cm³/mol. The smallest absolute Gasteiger partial charge is 0.356 e. The molecule has 0 atom stereocenters. The third kappa shape index (κ3) is 2.51. The van der Waals surface area contributed by atoms with E-state index in [0.717, 1.165) is 30.2 Å². The summed E-state index contributed by atoms with van der Waals surface area (Å²) in [6.45, 7) is 3.26. The maximum absolute atomic E-state index is 11.6. The van der Waals surface area contributed by atoms with Crippen LogP contribution >= 0.6 is 0 Å². The molecule has 21 heavy (non-hydrogen) atoms. The van der Waals surface area contributed by atoms with Gasteiger partial charge in [-0.15, -0.1) is 0 Å². The lowest BCUT2D eigenvalue weighted by Gasteiger charge is -2.26. The minimum absolute atomic E-state index is 0.159. The van der Waals surface area contributed by atoms with Crippen LogP contribution in [0.15, 0.2) is 6.07 Å². The minimum atomic E-state index is -0.527. The summed E-state index contributed by atoms with van der Waals surface area (Å²) in [7, 11) is 1.31. The van der Waals surface area contributed by atoms with Crippen molar-refractivity contribution in [2.75, 3.05) is 24.3 Å². The first kappa shape index (κ1) is 13.3. The van der Waals surface area contributed by atoms with Gasteiger partial charge in [-0.25, -0.2) is 14.8 Å². The highest BCUT2D eigenvalue weighted by Gasteiger charge is 2.22. The second-order valence-corrected chi connectivity index (χ2v) is 4.89. The van der Waals surface area contributed by atoms with Crippen molar-refractivity contribution in [3.05, 3.63) is 29.0 Å². The highest BCUT2D eigenvalue weighted by molar-refractivity contribution is 5.88. The number of esters is 1. The zero-order valence-electron chi connectivity index (χ0n) is 11.9. The van der Waals surface area contributed by atoms with Gasteiger partial charge in [-0.2, -0.15) is 4.98 Å². The van der Waals surface area contributed by atoms with E-state index < -0.39 is 5.97 Å². The number of aryl methyl sites for hydroxylation is 1. The van der Waals surface area contributed by atoms with Crippen molar-refractivity contribution in [3.8, 4) is 0 Å². The zero-order chi connectivity index (χ0) is 15.0. The first-order chi connectivity index (χ1) is 10.1. The molecule has 0 amide bonds. The van der Waals surface area contributed by atoms with Crippen LogP contribution in [0, 0.1) is 6.92 Å². The number of hydrogen-bond acceptors (Lipinski definition) is 7. The van der Waals surface area contributed by atoms with Crippen LogP contribution in [-0.4, -0.2) is 39.6 Å². The largest absolute Gasteiger partial charge is 0.464 e. The van der Waals surface area contributed by atoms with Gasteiger partial charge in [0.1, 0.15) is 11.6 Å². The van der Waals surface area contributed by atoms with E-state index in [2.05, 4.69) is 24.7 Å². The molecular weight excluding hydrogens is 272 g/mol. The summed E-state index contributed by atoms with van der Waals surface area (Å²) in [6.07, 6.45) is 0.797. The van der Waals surface area contributed by atoms with Gasteiger partial charge in [0.25, 0.3) is 0 Å². The molecule has 0 aliphatic carbocycles. The molecule has 0 bridgehead atoms. The van der Waals surface area contributed by atoms with Gasteiger partial charge in [-0.05, 0) is 6.92 Å². The molecule has 2 aromatic rings. The quantitative estimate of drug-likeness (QED) is 0.771. The number of nitrogen functional groups attached to an aromatic ring is 1. The van der Waals surface area contributed by atoms with Crippen molar-refractivity contribution >= 4 is 17.7 Å². The number of rotatable bonds is 2. The molecule has 0 spiro atoms. The lowest BCUT2D eigenvalue weighted by molar-refractivity contribution is 0.0594. The molecule has 1 aliphatic heterocycles. The normalized spacial score (nSPS) is 13.9. The Kier molecular flexibility index (Phi) is 3.20. The number of imidazole rings is 1. The van der Waals surface area contributed by atoms with E-state index in [-0.39, 0.29) is 11.5 Å². The van der Waals surface area contributed by atoms with E-state index in [1.54, 1.807) is 0 Å². The SMILES string of the molecule is COC(=O)c1cc(N)nc(N2CCc3nc(C)[nH]c3C2)n1. The number of H-pyrrole nitrogens is 1. The maximum Gasteiger partial charge on any atom is 0.356 e. The summed E-state index contributed by atoms with van der Waals surface area (Å²) >= 11 is 0.